The van der Waals surface area contributed by atoms with Gasteiger partial charge in [-0.3, -0.25) is 13.8 Å². The molecule has 0 rings (SSSR count). The molecule has 0 aliphatic heterocycles. The molecule has 78 heavy (non-hydrogen) atoms. The summed E-state index contributed by atoms with van der Waals surface area (Å²) in [4.78, 5) is 23.4. The van der Waals surface area contributed by atoms with Gasteiger partial charge in [0, 0.05) is 6.42 Å². The Morgan fingerprint density at radius 3 is 1.18 bits per heavy atom. The van der Waals surface area contributed by atoms with E-state index in [0.717, 1.165) is 70.6 Å². The third-order valence-electron chi connectivity index (χ3n) is 14.6. The van der Waals surface area contributed by atoms with Gasteiger partial charge in [0.05, 0.1) is 39.9 Å². The van der Waals surface area contributed by atoms with Crippen LogP contribution in [0.15, 0.2) is 85.1 Å². The Balaban J connectivity index is 4.02. The summed E-state index contributed by atoms with van der Waals surface area (Å²) in [7, 11) is 1.55. The van der Waals surface area contributed by atoms with Crippen molar-refractivity contribution in [3.63, 3.8) is 0 Å². The summed E-state index contributed by atoms with van der Waals surface area (Å²) in [6.07, 6.45) is 84.4. The quantitative estimate of drug-likeness (QED) is 0.0243. The largest absolute Gasteiger partial charge is 0.472 e. The molecule has 0 saturated carbocycles. The zero-order valence-electron chi connectivity index (χ0n) is 51.9. The normalized spacial score (nSPS) is 14.3. The SMILES string of the molecule is CC/C=C\C/C=C\C/C=C\C/C=C\CCCCCCCCCCCCCCCCCCCCCCCCCCC(=O)NC(COP(=O)(O)OCC[N+](C)(C)C)C(O)/C=C/CC/C=C/CC/C=C/CCCCCCCCCCC. The van der Waals surface area contributed by atoms with Crippen molar-refractivity contribution < 1.29 is 32.9 Å². The molecule has 0 heterocycles. The van der Waals surface area contributed by atoms with Crippen LogP contribution in [0.25, 0.3) is 0 Å². The van der Waals surface area contributed by atoms with E-state index >= 15 is 0 Å². The number of hydrogen-bond acceptors (Lipinski definition) is 5. The number of amides is 1. The van der Waals surface area contributed by atoms with E-state index in [1.54, 1.807) is 6.08 Å². The molecule has 0 aromatic carbocycles. The summed E-state index contributed by atoms with van der Waals surface area (Å²) in [6, 6.07) is -0.872. The second-order valence-electron chi connectivity index (χ2n) is 23.4. The fourth-order valence-corrected chi connectivity index (χ4v) is 10.2. The number of nitrogens with one attached hydrogen (secondary N) is 1. The molecular formula is C69H128N2O6P+. The molecule has 0 aromatic heterocycles. The van der Waals surface area contributed by atoms with Crippen LogP contribution < -0.4 is 5.32 Å². The number of aliphatic hydroxyl groups excluding tert-OH is 1. The molecule has 0 saturated heterocycles. The summed E-state index contributed by atoms with van der Waals surface area (Å²) >= 11 is 0. The van der Waals surface area contributed by atoms with E-state index in [4.69, 9.17) is 9.05 Å². The number of rotatable bonds is 60. The van der Waals surface area contributed by atoms with E-state index in [2.05, 4.69) is 92.1 Å². The highest BCUT2D eigenvalue weighted by Crippen LogP contribution is 2.43. The Morgan fingerprint density at radius 2 is 0.782 bits per heavy atom. The number of quaternary nitrogens is 1. The van der Waals surface area contributed by atoms with Gasteiger partial charge in [-0.05, 0) is 83.5 Å². The van der Waals surface area contributed by atoms with Gasteiger partial charge in [0.25, 0.3) is 0 Å². The van der Waals surface area contributed by atoms with Crippen LogP contribution in [0, 0.1) is 0 Å². The second-order valence-corrected chi connectivity index (χ2v) is 24.9. The minimum atomic E-state index is -4.36. The predicted molar refractivity (Wildman–Crippen MR) is 341 cm³/mol. The maximum atomic E-state index is 13.0. The zero-order chi connectivity index (χ0) is 57.0. The van der Waals surface area contributed by atoms with Crippen molar-refractivity contribution in [2.75, 3.05) is 40.9 Å². The van der Waals surface area contributed by atoms with Gasteiger partial charge in [0.15, 0.2) is 0 Å². The Bertz CT molecular complexity index is 1550. The highest BCUT2D eigenvalue weighted by Gasteiger charge is 2.27. The van der Waals surface area contributed by atoms with E-state index in [-0.39, 0.29) is 19.1 Å². The van der Waals surface area contributed by atoms with Crippen LogP contribution in [0.2, 0.25) is 0 Å². The van der Waals surface area contributed by atoms with Crippen LogP contribution in [-0.4, -0.2) is 73.4 Å². The van der Waals surface area contributed by atoms with Gasteiger partial charge in [-0.2, -0.15) is 0 Å². The van der Waals surface area contributed by atoms with E-state index in [1.807, 2.05) is 27.2 Å². The van der Waals surface area contributed by atoms with Crippen LogP contribution in [0.4, 0.5) is 0 Å². The van der Waals surface area contributed by atoms with Gasteiger partial charge in [0.1, 0.15) is 13.2 Å². The number of phosphoric acid groups is 1. The molecule has 0 aliphatic rings. The Labute approximate surface area is 484 Å². The Morgan fingerprint density at radius 1 is 0.449 bits per heavy atom. The zero-order valence-corrected chi connectivity index (χ0v) is 52.8. The lowest BCUT2D eigenvalue weighted by molar-refractivity contribution is -0.870. The maximum Gasteiger partial charge on any atom is 0.472 e. The summed E-state index contributed by atoms with van der Waals surface area (Å²) < 4.78 is 23.7. The van der Waals surface area contributed by atoms with Crippen molar-refractivity contribution in [2.45, 2.75) is 309 Å². The third-order valence-corrected chi connectivity index (χ3v) is 15.6. The summed E-state index contributed by atoms with van der Waals surface area (Å²) in [5, 5.41) is 13.9. The first-order valence-electron chi connectivity index (χ1n) is 33.0. The number of carbonyl (C=O) groups excluding carboxylic acids is 1. The van der Waals surface area contributed by atoms with E-state index in [1.165, 1.54) is 205 Å². The molecule has 1 amide bonds. The number of likely N-dealkylation sites (N-methyl/N-ethyl adjacent to an activating group) is 1. The molecular weight excluding hydrogens is 984 g/mol. The lowest BCUT2D eigenvalue weighted by atomic mass is 10.0. The monoisotopic (exact) mass is 1110 g/mol. The molecule has 3 unspecified atom stereocenters. The first-order valence-corrected chi connectivity index (χ1v) is 34.5. The highest BCUT2D eigenvalue weighted by atomic mass is 31.2. The van der Waals surface area contributed by atoms with Gasteiger partial charge in [-0.1, -0.05) is 292 Å². The van der Waals surface area contributed by atoms with Crippen molar-refractivity contribution >= 4 is 13.7 Å². The minimum Gasteiger partial charge on any atom is -0.387 e. The van der Waals surface area contributed by atoms with Crippen LogP contribution >= 0.6 is 7.82 Å². The number of nitrogens with zero attached hydrogens (tertiary/aromatic N) is 1. The van der Waals surface area contributed by atoms with Crippen molar-refractivity contribution in [1.82, 2.24) is 5.32 Å². The van der Waals surface area contributed by atoms with Gasteiger partial charge in [0.2, 0.25) is 5.91 Å². The smallest absolute Gasteiger partial charge is 0.387 e. The molecule has 0 aliphatic carbocycles. The standard InChI is InChI=1S/C69H127N2O6P/c1-6-8-10-12-14-16-18-20-22-24-26-27-28-29-30-31-32-33-34-35-36-37-38-39-40-41-42-43-45-47-49-51-53-55-57-59-61-63-69(73)70-67(66-77-78(74,75)76-65-64-71(3,4)5)68(72)62-60-58-56-54-52-50-48-46-44-25-23-21-19-17-15-13-11-9-7-2/h8,10,14,16,20,22,26-27,44,46,52,54,60,62,67-68,72H,6-7,9,11-13,15,17-19,21,23-25,28-43,45,47-51,53,55-59,61,63-66H2,1-5H3,(H-,70,73,74,75)/p+1/b10-8-,16-14-,22-20-,27-26-,46-44+,54-52+,62-60+. The van der Waals surface area contributed by atoms with Gasteiger partial charge in [-0.15, -0.1) is 0 Å². The number of carbonyl (C=O) groups is 1. The number of aliphatic hydroxyl groups is 1. The fourth-order valence-electron chi connectivity index (χ4n) is 9.48. The average molecular weight is 1110 g/mol. The third kappa shape index (κ3) is 61.3. The van der Waals surface area contributed by atoms with Crippen LogP contribution in [0.5, 0.6) is 0 Å². The molecule has 3 N–H and O–H groups in total. The lowest BCUT2D eigenvalue weighted by Crippen LogP contribution is -2.45. The topological polar surface area (TPSA) is 105 Å². The molecule has 3 atom stereocenters. The second kappa shape index (κ2) is 59.3. The summed E-state index contributed by atoms with van der Waals surface area (Å²) in [5.41, 5.74) is 0. The van der Waals surface area contributed by atoms with Crippen LogP contribution in [-0.2, 0) is 18.4 Å². The molecule has 0 aromatic rings. The lowest BCUT2D eigenvalue weighted by Gasteiger charge is -2.25. The Hall–Kier alpha value is -2.32. The van der Waals surface area contributed by atoms with Gasteiger partial charge >= 0.3 is 7.82 Å². The summed E-state index contributed by atoms with van der Waals surface area (Å²) in [6.45, 7) is 4.69. The molecule has 0 spiro atoms. The first-order chi connectivity index (χ1) is 38.0. The number of hydrogen-bond donors (Lipinski definition) is 3. The molecule has 8 nitrogen and oxygen atoms in total. The van der Waals surface area contributed by atoms with Crippen molar-refractivity contribution in [1.29, 1.82) is 0 Å². The minimum absolute atomic E-state index is 0.0527. The van der Waals surface area contributed by atoms with Crippen LogP contribution in [0.1, 0.15) is 296 Å². The van der Waals surface area contributed by atoms with Gasteiger partial charge in [-0.25, -0.2) is 4.57 Å². The van der Waals surface area contributed by atoms with E-state index < -0.39 is 20.0 Å². The molecule has 0 fully saturated rings. The van der Waals surface area contributed by atoms with Crippen molar-refractivity contribution in [2.24, 2.45) is 0 Å². The maximum absolute atomic E-state index is 13.0. The van der Waals surface area contributed by atoms with E-state index in [9.17, 15) is 19.4 Å². The van der Waals surface area contributed by atoms with Crippen LogP contribution in [0.3, 0.4) is 0 Å². The average Bonchev–Trinajstić information content (AvgIpc) is 3.41. The van der Waals surface area contributed by atoms with Crippen molar-refractivity contribution in [3.05, 3.63) is 85.1 Å². The van der Waals surface area contributed by atoms with Crippen molar-refractivity contribution in [3.8, 4) is 0 Å². The first kappa shape index (κ1) is 75.7. The predicted octanol–water partition coefficient (Wildman–Crippen LogP) is 20.8. The number of unbranched alkanes of at least 4 members (excludes halogenated alkanes) is 35. The van der Waals surface area contributed by atoms with E-state index in [0.29, 0.717) is 17.4 Å². The number of allylic oxidation sites excluding steroid dienone is 13. The molecule has 454 valence electrons. The molecule has 9 heteroatoms. The fraction of sp³-hybridized carbons (Fsp3) is 0.783. The Kier molecular flexibility index (Phi) is 57.5. The van der Waals surface area contributed by atoms with Gasteiger partial charge < -0.3 is 19.8 Å². The molecule has 0 bridgehead atoms. The molecule has 0 radical (unpaired) electrons. The number of phosphoric ester groups is 1. The summed E-state index contributed by atoms with van der Waals surface area (Å²) in [5.74, 6) is -0.188. The highest BCUT2D eigenvalue weighted by molar-refractivity contribution is 7.47.